The van der Waals surface area contributed by atoms with Crippen molar-refractivity contribution in [2.45, 2.75) is 19.5 Å². The Morgan fingerprint density at radius 1 is 1.00 bits per heavy atom. The molecule has 1 aliphatic rings. The fraction of sp³-hybridized carbons (Fsp3) is 0.150. The molecular weight excluding hydrogens is 284 g/mol. The molecule has 1 atom stereocenters. The topological polar surface area (TPSA) is 26.5 Å². The van der Waals surface area contributed by atoms with E-state index in [9.17, 15) is 0 Å². The molecular formula is C20H18N2O. The highest BCUT2D eigenvalue weighted by molar-refractivity contribution is 5.78. The normalized spacial score (nSPS) is 17.1. The zero-order valence-electron chi connectivity index (χ0n) is 13.0. The van der Waals surface area contributed by atoms with Crippen molar-refractivity contribution in [1.29, 1.82) is 0 Å². The second-order valence-electron chi connectivity index (χ2n) is 5.55. The van der Waals surface area contributed by atoms with E-state index in [2.05, 4.69) is 54.0 Å². The predicted octanol–water partition coefficient (Wildman–Crippen LogP) is 4.21. The summed E-state index contributed by atoms with van der Waals surface area (Å²) in [4.78, 5) is 4.98. The van der Waals surface area contributed by atoms with Gasteiger partial charge in [0.15, 0.2) is 0 Å². The van der Waals surface area contributed by atoms with Gasteiger partial charge in [0, 0.05) is 17.6 Å². The fourth-order valence-corrected chi connectivity index (χ4v) is 3.07. The number of nitrogens with zero attached hydrogens (tertiary/aromatic N) is 2. The van der Waals surface area contributed by atoms with E-state index in [1.165, 1.54) is 10.9 Å². The molecule has 4 rings (SSSR count). The Labute approximate surface area is 135 Å². The van der Waals surface area contributed by atoms with Gasteiger partial charge in [-0.1, -0.05) is 36.4 Å². The van der Waals surface area contributed by atoms with Crippen molar-refractivity contribution in [2.24, 2.45) is 4.99 Å². The lowest BCUT2D eigenvalue weighted by molar-refractivity contribution is 0.453. The van der Waals surface area contributed by atoms with E-state index >= 15 is 0 Å². The number of hydrogen-bond acceptors (Lipinski definition) is 2. The first-order chi connectivity index (χ1) is 11.4. The Hall–Kier alpha value is -2.81. The maximum absolute atomic E-state index is 5.57. The number of benzene rings is 2. The van der Waals surface area contributed by atoms with E-state index in [1.54, 1.807) is 6.26 Å². The molecule has 0 saturated heterocycles. The molecule has 0 bridgehead atoms. The average molecular weight is 302 g/mol. The number of para-hydroxylation sites is 2. The van der Waals surface area contributed by atoms with Gasteiger partial charge in [-0.05, 0) is 42.7 Å². The van der Waals surface area contributed by atoms with Crippen molar-refractivity contribution in [3.63, 3.8) is 0 Å². The molecule has 1 unspecified atom stereocenters. The Morgan fingerprint density at radius 2 is 1.83 bits per heavy atom. The number of aromatic nitrogens is 1. The van der Waals surface area contributed by atoms with Gasteiger partial charge in [-0.2, -0.15) is 0 Å². The second-order valence-corrected chi connectivity index (χ2v) is 5.55. The Kier molecular flexibility index (Phi) is 3.46. The maximum atomic E-state index is 5.57. The van der Waals surface area contributed by atoms with Crippen molar-refractivity contribution >= 4 is 10.9 Å². The van der Waals surface area contributed by atoms with Gasteiger partial charge >= 0.3 is 0 Å². The highest BCUT2D eigenvalue weighted by Gasteiger charge is 2.16. The van der Waals surface area contributed by atoms with Crippen molar-refractivity contribution in [1.82, 2.24) is 4.57 Å². The molecule has 0 amide bonds. The summed E-state index contributed by atoms with van der Waals surface area (Å²) in [5, 5.41) is 1.23. The summed E-state index contributed by atoms with van der Waals surface area (Å²) in [5.41, 5.74) is 3.30. The molecule has 0 N–H and O–H groups in total. The summed E-state index contributed by atoms with van der Waals surface area (Å²) < 4.78 is 7.82. The van der Waals surface area contributed by atoms with Crippen LogP contribution in [0.15, 0.2) is 78.0 Å². The summed E-state index contributed by atoms with van der Waals surface area (Å²) in [7, 11) is 0. The van der Waals surface area contributed by atoms with Crippen LogP contribution in [0.2, 0.25) is 0 Å². The van der Waals surface area contributed by atoms with Crippen molar-refractivity contribution < 1.29 is 4.74 Å². The Bertz CT molecular complexity index is 953. The maximum Gasteiger partial charge on any atom is 0.132 e. The van der Waals surface area contributed by atoms with Gasteiger partial charge in [0.05, 0.1) is 6.26 Å². The number of aryl methyl sites for hydroxylation is 1. The highest BCUT2D eigenvalue weighted by atomic mass is 16.5. The first kappa shape index (κ1) is 13.8. The third-order valence-electron chi connectivity index (χ3n) is 4.20. The zero-order chi connectivity index (χ0) is 15.6. The lowest BCUT2D eigenvalue weighted by Crippen LogP contribution is -2.21. The zero-order valence-corrected chi connectivity index (χ0v) is 13.0. The molecule has 1 aliphatic heterocycles. The van der Waals surface area contributed by atoms with Crippen LogP contribution >= 0.6 is 0 Å². The van der Waals surface area contributed by atoms with Gasteiger partial charge in [0.2, 0.25) is 0 Å². The molecule has 3 aromatic rings. The molecule has 0 saturated carbocycles. The smallest absolute Gasteiger partial charge is 0.132 e. The first-order valence-electron chi connectivity index (χ1n) is 7.91. The quantitative estimate of drug-likeness (QED) is 0.696. The minimum absolute atomic E-state index is 0.0149. The summed E-state index contributed by atoms with van der Waals surface area (Å²) in [6.07, 6.45) is 3.73. The third-order valence-corrected chi connectivity index (χ3v) is 4.20. The van der Waals surface area contributed by atoms with Crippen molar-refractivity contribution in [2.75, 3.05) is 0 Å². The van der Waals surface area contributed by atoms with E-state index in [1.807, 2.05) is 24.3 Å². The number of hydrogen-bond donors (Lipinski definition) is 0. The highest BCUT2D eigenvalue weighted by Crippen LogP contribution is 2.31. The van der Waals surface area contributed by atoms with Gasteiger partial charge in [-0.3, -0.25) is 4.99 Å². The minimum Gasteiger partial charge on any atom is -0.465 e. The van der Waals surface area contributed by atoms with Crippen molar-refractivity contribution in [3.05, 3.63) is 84.1 Å². The van der Waals surface area contributed by atoms with Gasteiger partial charge < -0.3 is 9.30 Å². The molecule has 3 heteroatoms. The monoisotopic (exact) mass is 302 g/mol. The standard InChI is InChI=1S/C20H18N2O/c1-2-22-18-9-5-3-7-15(18)11-12-20(22)21-17-13-14-23-19-10-6-4-8-16(17)19/h3-14,17H,2H2,1H3. The molecule has 1 aromatic heterocycles. The number of rotatable bonds is 2. The van der Waals surface area contributed by atoms with Crippen LogP contribution in [0.3, 0.4) is 0 Å². The lowest BCUT2D eigenvalue weighted by atomic mass is 10.0. The van der Waals surface area contributed by atoms with E-state index in [-0.39, 0.29) is 6.04 Å². The summed E-state index contributed by atoms with van der Waals surface area (Å²) in [6, 6.07) is 20.7. The van der Waals surface area contributed by atoms with Gasteiger partial charge in [0.1, 0.15) is 17.3 Å². The van der Waals surface area contributed by atoms with Crippen LogP contribution in [0.5, 0.6) is 5.75 Å². The number of fused-ring (bicyclic) bond motifs is 2. The molecule has 114 valence electrons. The minimum atomic E-state index is -0.0149. The molecule has 2 heterocycles. The third kappa shape index (κ3) is 2.44. The molecule has 3 nitrogen and oxygen atoms in total. The average Bonchev–Trinajstić information content (AvgIpc) is 2.62. The van der Waals surface area contributed by atoms with Crippen LogP contribution in [0.4, 0.5) is 0 Å². The fourth-order valence-electron chi connectivity index (χ4n) is 3.07. The molecule has 0 spiro atoms. The van der Waals surface area contributed by atoms with E-state index in [4.69, 9.17) is 9.73 Å². The van der Waals surface area contributed by atoms with Gasteiger partial charge in [0.25, 0.3) is 0 Å². The molecule has 2 aromatic carbocycles. The second kappa shape index (κ2) is 5.76. The molecule has 23 heavy (non-hydrogen) atoms. The summed E-state index contributed by atoms with van der Waals surface area (Å²) >= 11 is 0. The van der Waals surface area contributed by atoms with Gasteiger partial charge in [-0.15, -0.1) is 0 Å². The molecule has 0 aliphatic carbocycles. The van der Waals surface area contributed by atoms with Crippen LogP contribution in [0, 0.1) is 0 Å². The van der Waals surface area contributed by atoms with Crippen LogP contribution in [0.1, 0.15) is 18.5 Å². The van der Waals surface area contributed by atoms with Crippen LogP contribution in [-0.2, 0) is 6.54 Å². The summed E-state index contributed by atoms with van der Waals surface area (Å²) in [6.45, 7) is 3.04. The lowest BCUT2D eigenvalue weighted by Gasteiger charge is -2.18. The van der Waals surface area contributed by atoms with Gasteiger partial charge in [-0.25, -0.2) is 0 Å². The molecule has 0 radical (unpaired) electrons. The Balaban J connectivity index is 1.90. The van der Waals surface area contributed by atoms with E-state index < -0.39 is 0 Å². The first-order valence-corrected chi connectivity index (χ1v) is 7.91. The van der Waals surface area contributed by atoms with E-state index in [0.717, 1.165) is 23.3 Å². The predicted molar refractivity (Wildman–Crippen MR) is 92.1 cm³/mol. The summed E-state index contributed by atoms with van der Waals surface area (Å²) in [5.74, 6) is 0.882. The molecule has 0 fully saturated rings. The van der Waals surface area contributed by atoms with E-state index in [0.29, 0.717) is 0 Å². The SMILES string of the molecule is CCn1c(=NC2C=COc3ccccc32)ccc2ccccc21. The Morgan fingerprint density at radius 3 is 2.74 bits per heavy atom. The van der Waals surface area contributed by atoms with Crippen LogP contribution in [0.25, 0.3) is 10.9 Å². The largest absolute Gasteiger partial charge is 0.465 e. The number of ether oxygens (including phenoxy) is 1. The number of pyridine rings is 1. The van der Waals surface area contributed by atoms with Crippen molar-refractivity contribution in [3.8, 4) is 5.75 Å². The van der Waals surface area contributed by atoms with Crippen LogP contribution < -0.4 is 10.2 Å². The van der Waals surface area contributed by atoms with Crippen LogP contribution in [-0.4, -0.2) is 4.57 Å².